The lowest BCUT2D eigenvalue weighted by molar-refractivity contribution is 0.461. The largest absolute Gasteiger partial charge is 0.469 e. The third kappa shape index (κ3) is 4.87. The van der Waals surface area contributed by atoms with Crippen LogP contribution in [0.25, 0.3) is 0 Å². The number of benzene rings is 1. The number of hydrogen-bond acceptors (Lipinski definition) is 2. The van der Waals surface area contributed by atoms with Gasteiger partial charge in [-0.2, -0.15) is 0 Å². The second kappa shape index (κ2) is 7.10. The van der Waals surface area contributed by atoms with Gasteiger partial charge in [0.1, 0.15) is 11.6 Å². The smallest absolute Gasteiger partial charge is 0.123 e. The minimum absolute atomic E-state index is 0.164. The summed E-state index contributed by atoms with van der Waals surface area (Å²) in [6.07, 6.45) is 4.54. The first kappa shape index (κ1) is 13.8. The maximum absolute atomic E-state index is 13.0. The number of rotatable bonds is 7. The quantitative estimate of drug-likeness (QED) is 0.824. The van der Waals surface area contributed by atoms with Crippen LogP contribution in [0.1, 0.15) is 24.7 Å². The van der Waals surface area contributed by atoms with Crippen LogP contribution in [0.3, 0.4) is 0 Å². The van der Waals surface area contributed by atoms with Crippen molar-refractivity contribution in [1.82, 2.24) is 5.32 Å². The molecule has 102 valence electrons. The van der Waals surface area contributed by atoms with Gasteiger partial charge >= 0.3 is 0 Å². The lowest BCUT2D eigenvalue weighted by atomic mass is 10.1. The molecule has 2 nitrogen and oxygen atoms in total. The van der Waals surface area contributed by atoms with Crippen molar-refractivity contribution in [2.45, 2.75) is 32.2 Å². The van der Waals surface area contributed by atoms with E-state index in [4.69, 9.17) is 4.42 Å². The first-order chi connectivity index (χ1) is 9.24. The Morgan fingerprint density at radius 3 is 2.84 bits per heavy atom. The van der Waals surface area contributed by atoms with Crippen molar-refractivity contribution in [1.29, 1.82) is 0 Å². The Hall–Kier alpha value is -1.61. The molecule has 0 aliphatic carbocycles. The van der Waals surface area contributed by atoms with Crippen molar-refractivity contribution in [3.8, 4) is 0 Å². The molecule has 2 aromatic rings. The highest BCUT2D eigenvalue weighted by Gasteiger charge is 2.03. The summed E-state index contributed by atoms with van der Waals surface area (Å²) in [4.78, 5) is 0. The van der Waals surface area contributed by atoms with Gasteiger partial charge in [-0.05, 0) is 56.1 Å². The monoisotopic (exact) mass is 261 g/mol. The summed E-state index contributed by atoms with van der Waals surface area (Å²) in [5.74, 6) is 0.863. The molecule has 1 aromatic heterocycles. The van der Waals surface area contributed by atoms with Crippen LogP contribution in [-0.2, 0) is 12.8 Å². The molecule has 1 N–H and O–H groups in total. The molecule has 3 heteroatoms. The molecule has 1 unspecified atom stereocenters. The van der Waals surface area contributed by atoms with Crippen LogP contribution in [0.5, 0.6) is 0 Å². The predicted octanol–water partition coefficient (Wildman–Crippen LogP) is 3.57. The summed E-state index contributed by atoms with van der Waals surface area (Å²) in [6, 6.07) is 11.1. The van der Waals surface area contributed by atoms with Crippen molar-refractivity contribution in [2.75, 3.05) is 6.54 Å². The van der Waals surface area contributed by atoms with Crippen LogP contribution in [0.2, 0.25) is 0 Å². The summed E-state index contributed by atoms with van der Waals surface area (Å²) in [5.41, 5.74) is 1.03. The highest BCUT2D eigenvalue weighted by molar-refractivity contribution is 5.16. The lowest BCUT2D eigenvalue weighted by Crippen LogP contribution is -2.28. The van der Waals surface area contributed by atoms with E-state index in [1.807, 2.05) is 18.2 Å². The average Bonchev–Trinajstić information content (AvgIpc) is 2.89. The van der Waals surface area contributed by atoms with Gasteiger partial charge in [-0.3, -0.25) is 0 Å². The molecule has 0 aliphatic rings. The maximum Gasteiger partial charge on any atom is 0.123 e. The SMILES string of the molecule is CC(CCc1ccco1)NCCc1cccc(F)c1. The van der Waals surface area contributed by atoms with Crippen LogP contribution in [0, 0.1) is 5.82 Å². The minimum atomic E-state index is -0.164. The number of halogens is 1. The molecular formula is C16H20FNO. The fourth-order valence-corrected chi connectivity index (χ4v) is 2.07. The second-order valence-corrected chi connectivity index (χ2v) is 4.85. The fourth-order valence-electron chi connectivity index (χ4n) is 2.07. The zero-order valence-corrected chi connectivity index (χ0v) is 11.2. The van der Waals surface area contributed by atoms with E-state index < -0.39 is 0 Å². The second-order valence-electron chi connectivity index (χ2n) is 4.85. The first-order valence-corrected chi connectivity index (χ1v) is 6.74. The van der Waals surface area contributed by atoms with Gasteiger partial charge in [0, 0.05) is 12.5 Å². The molecule has 1 heterocycles. The zero-order valence-electron chi connectivity index (χ0n) is 11.2. The zero-order chi connectivity index (χ0) is 13.5. The number of aryl methyl sites for hydroxylation is 1. The average molecular weight is 261 g/mol. The minimum Gasteiger partial charge on any atom is -0.469 e. The molecule has 0 aliphatic heterocycles. The van der Waals surface area contributed by atoms with Gasteiger partial charge < -0.3 is 9.73 Å². The lowest BCUT2D eigenvalue weighted by Gasteiger charge is -2.13. The first-order valence-electron chi connectivity index (χ1n) is 6.74. The van der Waals surface area contributed by atoms with Crippen LogP contribution in [0.4, 0.5) is 4.39 Å². The topological polar surface area (TPSA) is 25.2 Å². The van der Waals surface area contributed by atoms with E-state index in [9.17, 15) is 4.39 Å². The van der Waals surface area contributed by atoms with Gasteiger partial charge in [-0.15, -0.1) is 0 Å². The van der Waals surface area contributed by atoms with Crippen molar-refractivity contribution in [3.05, 3.63) is 59.8 Å². The van der Waals surface area contributed by atoms with Crippen LogP contribution in [-0.4, -0.2) is 12.6 Å². The Morgan fingerprint density at radius 2 is 2.11 bits per heavy atom. The van der Waals surface area contributed by atoms with E-state index in [0.29, 0.717) is 6.04 Å². The molecule has 0 saturated heterocycles. The Kier molecular flexibility index (Phi) is 5.16. The van der Waals surface area contributed by atoms with Gasteiger partial charge in [0.15, 0.2) is 0 Å². The summed E-state index contributed by atoms with van der Waals surface area (Å²) >= 11 is 0. The number of furan rings is 1. The molecule has 1 atom stereocenters. The Labute approximate surface area is 113 Å². The van der Waals surface area contributed by atoms with Gasteiger partial charge in [-0.25, -0.2) is 4.39 Å². The molecule has 2 rings (SSSR count). The highest BCUT2D eigenvalue weighted by Crippen LogP contribution is 2.06. The van der Waals surface area contributed by atoms with Crippen LogP contribution in [0.15, 0.2) is 47.1 Å². The summed E-state index contributed by atoms with van der Waals surface area (Å²) in [6.45, 7) is 3.03. The van der Waals surface area contributed by atoms with E-state index in [2.05, 4.69) is 12.2 Å². The van der Waals surface area contributed by atoms with Crippen molar-refractivity contribution in [2.24, 2.45) is 0 Å². The Morgan fingerprint density at radius 1 is 1.21 bits per heavy atom. The standard InChI is InChI=1S/C16H20FNO/c1-13(7-8-16-6-3-11-19-16)18-10-9-14-4-2-5-15(17)12-14/h2-6,11-13,18H,7-10H2,1H3. The van der Waals surface area contributed by atoms with E-state index in [0.717, 1.165) is 37.1 Å². The highest BCUT2D eigenvalue weighted by atomic mass is 19.1. The molecule has 1 aromatic carbocycles. The fraction of sp³-hybridized carbons (Fsp3) is 0.375. The predicted molar refractivity (Wildman–Crippen MR) is 74.6 cm³/mol. The van der Waals surface area contributed by atoms with Crippen LogP contribution >= 0.6 is 0 Å². The van der Waals surface area contributed by atoms with Crippen molar-refractivity contribution < 1.29 is 8.81 Å². The van der Waals surface area contributed by atoms with Gasteiger partial charge in [-0.1, -0.05) is 12.1 Å². The van der Waals surface area contributed by atoms with Crippen LogP contribution < -0.4 is 5.32 Å². The summed E-state index contributed by atoms with van der Waals surface area (Å²) < 4.78 is 18.3. The molecule has 0 fully saturated rings. The molecule has 0 saturated carbocycles. The normalized spacial score (nSPS) is 12.5. The molecule has 0 spiro atoms. The molecule has 0 bridgehead atoms. The van der Waals surface area contributed by atoms with Gasteiger partial charge in [0.2, 0.25) is 0 Å². The maximum atomic E-state index is 13.0. The Balaban J connectivity index is 1.65. The van der Waals surface area contributed by atoms with E-state index in [-0.39, 0.29) is 5.82 Å². The molecule has 0 amide bonds. The third-order valence-electron chi connectivity index (χ3n) is 3.20. The Bertz CT molecular complexity index is 481. The van der Waals surface area contributed by atoms with E-state index in [1.54, 1.807) is 18.4 Å². The summed E-state index contributed by atoms with van der Waals surface area (Å²) in [5, 5.41) is 3.45. The van der Waals surface area contributed by atoms with Crippen molar-refractivity contribution >= 4 is 0 Å². The number of nitrogens with one attached hydrogen (secondary N) is 1. The van der Waals surface area contributed by atoms with Crippen molar-refractivity contribution in [3.63, 3.8) is 0 Å². The van der Waals surface area contributed by atoms with Gasteiger partial charge in [0.05, 0.1) is 6.26 Å². The summed E-state index contributed by atoms with van der Waals surface area (Å²) in [7, 11) is 0. The third-order valence-corrected chi connectivity index (χ3v) is 3.20. The number of hydrogen-bond donors (Lipinski definition) is 1. The molecule has 19 heavy (non-hydrogen) atoms. The molecular weight excluding hydrogens is 241 g/mol. The van der Waals surface area contributed by atoms with E-state index in [1.165, 1.54) is 6.07 Å². The van der Waals surface area contributed by atoms with Gasteiger partial charge in [0.25, 0.3) is 0 Å². The van der Waals surface area contributed by atoms with E-state index >= 15 is 0 Å². The molecule has 0 radical (unpaired) electrons.